The zero-order valence-electron chi connectivity index (χ0n) is 14.6. The van der Waals surface area contributed by atoms with Gasteiger partial charge in [-0.25, -0.2) is 13.8 Å². The molecule has 0 aromatic heterocycles. The van der Waals surface area contributed by atoms with Gasteiger partial charge >= 0.3 is 0 Å². The summed E-state index contributed by atoms with van der Waals surface area (Å²) in [6.07, 6.45) is 5.88. The summed E-state index contributed by atoms with van der Waals surface area (Å²) in [5, 5.41) is 4.24. The lowest BCUT2D eigenvalue weighted by atomic mass is 9.89. The maximum atomic E-state index is 12.6. The molecule has 0 bridgehead atoms. The molecule has 136 valence electrons. The van der Waals surface area contributed by atoms with Gasteiger partial charge in [0.1, 0.15) is 0 Å². The van der Waals surface area contributed by atoms with Gasteiger partial charge in [-0.2, -0.15) is 9.41 Å². The predicted octanol–water partition coefficient (Wildman–Crippen LogP) is 2.77. The molecule has 1 aromatic carbocycles. The number of hydrogen-bond acceptors (Lipinski definition) is 4. The molecule has 1 aliphatic carbocycles. The maximum absolute atomic E-state index is 12.6. The first kappa shape index (κ1) is 18.1. The number of nitrogens with one attached hydrogen (secondary N) is 1. The molecule has 1 heterocycles. The summed E-state index contributed by atoms with van der Waals surface area (Å²) in [6, 6.07) is 6.20. The number of carbonyl (C=O) groups excluding carboxylic acids is 1. The Labute approximate surface area is 149 Å². The van der Waals surface area contributed by atoms with E-state index in [2.05, 4.69) is 17.5 Å². The monoisotopic (exact) mass is 363 g/mol. The van der Waals surface area contributed by atoms with Gasteiger partial charge < -0.3 is 0 Å². The number of benzene rings is 1. The number of hydrogen-bond donors (Lipinski definition) is 1. The maximum Gasteiger partial charge on any atom is 0.271 e. The summed E-state index contributed by atoms with van der Waals surface area (Å²) >= 11 is 0. The Balaban J connectivity index is 1.72. The number of amides is 1. The van der Waals surface area contributed by atoms with Gasteiger partial charge in [0.25, 0.3) is 5.91 Å². The number of carbonyl (C=O) groups is 1. The Hall–Kier alpha value is -1.73. The van der Waals surface area contributed by atoms with Gasteiger partial charge in [0.05, 0.1) is 4.90 Å². The SMILES string of the molecule is C[C@@H]1CCC/C(=N\NC(=O)c2cccc(S(=O)(=O)N3CCCC3)c2)C1. The van der Waals surface area contributed by atoms with E-state index in [1.807, 2.05) is 0 Å². The second-order valence-corrected chi connectivity index (χ2v) is 8.90. The number of rotatable bonds is 4. The molecule has 0 radical (unpaired) electrons. The largest absolute Gasteiger partial charge is 0.271 e. The van der Waals surface area contributed by atoms with Crippen LogP contribution in [0, 0.1) is 5.92 Å². The summed E-state index contributed by atoms with van der Waals surface area (Å²) in [4.78, 5) is 12.5. The minimum absolute atomic E-state index is 0.168. The first-order valence-electron chi connectivity index (χ1n) is 8.93. The second-order valence-electron chi connectivity index (χ2n) is 6.96. The topological polar surface area (TPSA) is 78.8 Å². The van der Waals surface area contributed by atoms with Crippen molar-refractivity contribution >= 4 is 21.6 Å². The molecule has 1 atom stereocenters. The average molecular weight is 363 g/mol. The van der Waals surface area contributed by atoms with Crippen LogP contribution in [0.15, 0.2) is 34.3 Å². The van der Waals surface area contributed by atoms with Crippen molar-refractivity contribution in [3.05, 3.63) is 29.8 Å². The van der Waals surface area contributed by atoms with Crippen LogP contribution in [-0.4, -0.2) is 37.4 Å². The van der Waals surface area contributed by atoms with Crippen LogP contribution in [0.5, 0.6) is 0 Å². The molecule has 6 nitrogen and oxygen atoms in total. The van der Waals surface area contributed by atoms with Gasteiger partial charge in [0.2, 0.25) is 10.0 Å². The Morgan fingerprint density at radius 1 is 1.24 bits per heavy atom. The molecule has 3 rings (SSSR count). The Bertz CT molecular complexity index is 768. The van der Waals surface area contributed by atoms with E-state index >= 15 is 0 Å². The molecule has 0 spiro atoms. The van der Waals surface area contributed by atoms with E-state index in [4.69, 9.17) is 0 Å². The molecular weight excluding hydrogens is 338 g/mol. The number of hydrazone groups is 1. The number of sulfonamides is 1. The fourth-order valence-electron chi connectivity index (χ4n) is 3.43. The first-order chi connectivity index (χ1) is 12.0. The molecule has 1 N–H and O–H groups in total. The van der Waals surface area contributed by atoms with Crippen molar-refractivity contribution in [3.63, 3.8) is 0 Å². The standard InChI is InChI=1S/C18H25N3O3S/c1-14-6-4-8-16(12-14)19-20-18(22)15-7-5-9-17(13-15)25(23,24)21-10-2-3-11-21/h5,7,9,13-14H,2-4,6,8,10-12H2,1H3,(H,20,22)/b19-16+/t14-/m1/s1. The van der Waals surface area contributed by atoms with Crippen molar-refractivity contribution in [3.8, 4) is 0 Å². The van der Waals surface area contributed by atoms with E-state index in [9.17, 15) is 13.2 Å². The van der Waals surface area contributed by atoms with Crippen LogP contribution >= 0.6 is 0 Å². The normalized spacial score (nSPS) is 23.7. The molecule has 7 heteroatoms. The van der Waals surface area contributed by atoms with Gasteiger partial charge in [-0.05, 0) is 62.6 Å². The van der Waals surface area contributed by atoms with Crippen molar-refractivity contribution in [2.75, 3.05) is 13.1 Å². The highest BCUT2D eigenvalue weighted by atomic mass is 32.2. The van der Waals surface area contributed by atoms with Crippen molar-refractivity contribution in [2.45, 2.75) is 50.3 Å². The highest BCUT2D eigenvalue weighted by molar-refractivity contribution is 7.89. The Morgan fingerprint density at radius 3 is 2.72 bits per heavy atom. The van der Waals surface area contributed by atoms with Crippen LogP contribution in [-0.2, 0) is 10.0 Å². The van der Waals surface area contributed by atoms with E-state index < -0.39 is 10.0 Å². The first-order valence-corrected chi connectivity index (χ1v) is 10.4. The lowest BCUT2D eigenvalue weighted by molar-refractivity contribution is 0.0954. The zero-order valence-corrected chi connectivity index (χ0v) is 15.4. The van der Waals surface area contributed by atoms with E-state index in [1.165, 1.54) is 16.8 Å². The molecule has 1 aliphatic heterocycles. The van der Waals surface area contributed by atoms with Crippen LogP contribution in [0.3, 0.4) is 0 Å². The van der Waals surface area contributed by atoms with E-state index in [-0.39, 0.29) is 10.8 Å². The highest BCUT2D eigenvalue weighted by Crippen LogP contribution is 2.22. The van der Waals surface area contributed by atoms with E-state index in [1.54, 1.807) is 18.2 Å². The van der Waals surface area contributed by atoms with Gasteiger partial charge in [0, 0.05) is 24.4 Å². The minimum Gasteiger partial charge on any atom is -0.267 e. The second kappa shape index (κ2) is 7.66. The van der Waals surface area contributed by atoms with Crippen LogP contribution in [0.1, 0.15) is 55.8 Å². The summed E-state index contributed by atoms with van der Waals surface area (Å²) in [5.74, 6) is 0.225. The average Bonchev–Trinajstić information content (AvgIpc) is 3.15. The minimum atomic E-state index is -3.52. The molecule has 0 unspecified atom stereocenters. The van der Waals surface area contributed by atoms with E-state index in [0.717, 1.165) is 37.8 Å². The molecule has 1 saturated heterocycles. The van der Waals surface area contributed by atoms with Gasteiger partial charge in [-0.15, -0.1) is 0 Å². The Kier molecular flexibility index (Phi) is 5.54. The fourth-order valence-corrected chi connectivity index (χ4v) is 5.00. The zero-order chi connectivity index (χ0) is 17.9. The van der Waals surface area contributed by atoms with Crippen molar-refractivity contribution in [1.82, 2.24) is 9.73 Å². The molecule has 25 heavy (non-hydrogen) atoms. The third-order valence-electron chi connectivity index (χ3n) is 4.86. The molecule has 1 amide bonds. The Morgan fingerprint density at radius 2 is 2.00 bits per heavy atom. The summed E-state index contributed by atoms with van der Waals surface area (Å²) in [5.41, 5.74) is 3.90. The smallest absolute Gasteiger partial charge is 0.267 e. The summed E-state index contributed by atoms with van der Waals surface area (Å²) < 4.78 is 26.7. The van der Waals surface area contributed by atoms with E-state index in [0.29, 0.717) is 24.6 Å². The van der Waals surface area contributed by atoms with Crippen molar-refractivity contribution < 1.29 is 13.2 Å². The van der Waals surface area contributed by atoms with Crippen LogP contribution in [0.4, 0.5) is 0 Å². The lowest BCUT2D eigenvalue weighted by Crippen LogP contribution is -2.28. The summed E-state index contributed by atoms with van der Waals surface area (Å²) in [7, 11) is -3.52. The van der Waals surface area contributed by atoms with Crippen molar-refractivity contribution in [1.29, 1.82) is 0 Å². The molecule has 1 saturated carbocycles. The molecule has 2 fully saturated rings. The number of nitrogens with zero attached hydrogens (tertiary/aromatic N) is 2. The molecular formula is C18H25N3O3S. The summed E-state index contributed by atoms with van der Waals surface area (Å²) in [6.45, 7) is 3.28. The van der Waals surface area contributed by atoms with Crippen molar-refractivity contribution in [2.24, 2.45) is 11.0 Å². The van der Waals surface area contributed by atoms with Gasteiger partial charge in [0.15, 0.2) is 0 Å². The third kappa shape index (κ3) is 4.27. The lowest BCUT2D eigenvalue weighted by Gasteiger charge is -2.19. The quantitative estimate of drug-likeness (QED) is 0.836. The van der Waals surface area contributed by atoms with Crippen LogP contribution in [0.2, 0.25) is 0 Å². The van der Waals surface area contributed by atoms with Crippen LogP contribution in [0.25, 0.3) is 0 Å². The molecule has 2 aliphatic rings. The predicted molar refractivity (Wildman–Crippen MR) is 97.0 cm³/mol. The van der Waals surface area contributed by atoms with Gasteiger partial charge in [-0.1, -0.05) is 13.0 Å². The van der Waals surface area contributed by atoms with Gasteiger partial charge in [-0.3, -0.25) is 4.79 Å². The molecule has 1 aromatic rings. The fraction of sp³-hybridized carbons (Fsp3) is 0.556. The van der Waals surface area contributed by atoms with Crippen LogP contribution < -0.4 is 5.43 Å². The highest BCUT2D eigenvalue weighted by Gasteiger charge is 2.27. The third-order valence-corrected chi connectivity index (χ3v) is 6.76.